The minimum absolute atomic E-state index is 0.184. The van der Waals surface area contributed by atoms with Crippen molar-refractivity contribution in [2.24, 2.45) is 0 Å². The molecule has 0 saturated carbocycles. The van der Waals surface area contributed by atoms with Gasteiger partial charge in [0, 0.05) is 53.3 Å². The average Bonchev–Trinajstić information content (AvgIpc) is 3.32. The molecule has 4 heterocycles. The molecule has 2 aromatic heterocycles. The number of nitrogens with zero attached hydrogens (tertiary/aromatic N) is 2. The first-order valence-corrected chi connectivity index (χ1v) is 13.0. The number of carbonyl (C=O) groups excluding carboxylic acids is 1. The summed E-state index contributed by atoms with van der Waals surface area (Å²) in [6.07, 6.45) is 5.37. The fourth-order valence-corrected chi connectivity index (χ4v) is 7.19. The summed E-state index contributed by atoms with van der Waals surface area (Å²) in [5.41, 5.74) is 4.86. The van der Waals surface area contributed by atoms with Crippen LogP contribution in [0.25, 0.3) is 11.0 Å². The second kappa shape index (κ2) is 9.22. The zero-order valence-corrected chi connectivity index (χ0v) is 20.7. The summed E-state index contributed by atoms with van der Waals surface area (Å²) < 4.78 is 19.5. The Bertz CT molecular complexity index is 1170. The molecule has 176 valence electrons. The summed E-state index contributed by atoms with van der Waals surface area (Å²) >= 11 is 1.98. The summed E-state index contributed by atoms with van der Waals surface area (Å²) in [5, 5.41) is 1.07. The molecule has 0 unspecified atom stereocenters. The summed E-state index contributed by atoms with van der Waals surface area (Å²) in [6, 6.07) is 4.92. The van der Waals surface area contributed by atoms with Crippen molar-refractivity contribution in [1.29, 1.82) is 0 Å². The molecule has 2 aliphatic heterocycles. The van der Waals surface area contributed by atoms with Crippen molar-refractivity contribution in [3.8, 4) is 0 Å². The van der Waals surface area contributed by atoms with Gasteiger partial charge in [0.05, 0.1) is 0 Å². The van der Waals surface area contributed by atoms with Crippen molar-refractivity contribution in [3.05, 3.63) is 56.2 Å². The van der Waals surface area contributed by atoms with E-state index < -0.39 is 0 Å². The third-order valence-corrected chi connectivity index (χ3v) is 8.96. The number of hydrogen-bond donors (Lipinski definition) is 0. The van der Waals surface area contributed by atoms with E-state index in [1.807, 2.05) is 29.2 Å². The number of benzene rings is 1. The Morgan fingerprint density at radius 3 is 2.76 bits per heavy atom. The highest BCUT2D eigenvalue weighted by molar-refractivity contribution is 7.12. The average molecular weight is 469 g/mol. The molecule has 33 heavy (non-hydrogen) atoms. The van der Waals surface area contributed by atoms with E-state index in [-0.39, 0.29) is 11.7 Å². The zero-order chi connectivity index (χ0) is 23.1. The number of halogens is 1. The van der Waals surface area contributed by atoms with Crippen LogP contribution in [0, 0.1) is 12.7 Å². The van der Waals surface area contributed by atoms with Gasteiger partial charge in [0.1, 0.15) is 17.2 Å². The maximum atomic E-state index is 13.6. The Balaban J connectivity index is 1.23. The molecule has 0 spiro atoms. The van der Waals surface area contributed by atoms with Crippen LogP contribution < -0.4 is 0 Å². The van der Waals surface area contributed by atoms with Gasteiger partial charge in [-0.15, -0.1) is 11.3 Å². The maximum Gasteiger partial charge on any atom is 0.219 e. The molecule has 6 heteroatoms. The predicted octanol–water partition coefficient (Wildman–Crippen LogP) is 5.83. The second-order valence-electron chi connectivity index (χ2n) is 9.53. The number of furan rings is 1. The molecule has 0 radical (unpaired) electrons. The number of piperidine rings is 1. The number of carbonyl (C=O) groups is 1. The highest BCUT2D eigenvalue weighted by Gasteiger charge is 2.27. The number of fused-ring (bicyclic) bond motifs is 2. The quantitative estimate of drug-likeness (QED) is 0.473. The van der Waals surface area contributed by atoms with Crippen LogP contribution in [0.5, 0.6) is 0 Å². The number of rotatable bonds is 5. The minimum Gasteiger partial charge on any atom is -0.461 e. The van der Waals surface area contributed by atoms with Crippen LogP contribution in [0.3, 0.4) is 0 Å². The third kappa shape index (κ3) is 4.35. The van der Waals surface area contributed by atoms with Gasteiger partial charge < -0.3 is 14.2 Å². The Hall–Kier alpha value is -2.18. The van der Waals surface area contributed by atoms with Crippen molar-refractivity contribution in [3.63, 3.8) is 0 Å². The predicted molar refractivity (Wildman–Crippen MR) is 132 cm³/mol. The highest BCUT2D eigenvalue weighted by atomic mass is 32.1. The number of amides is 1. The van der Waals surface area contributed by atoms with Gasteiger partial charge in [0.15, 0.2) is 0 Å². The number of hydrogen-bond acceptors (Lipinski definition) is 4. The van der Waals surface area contributed by atoms with Crippen LogP contribution in [-0.2, 0) is 30.6 Å². The minimum atomic E-state index is -0.242. The lowest BCUT2D eigenvalue weighted by molar-refractivity contribution is -0.129. The first kappa shape index (κ1) is 22.6. The molecule has 1 saturated heterocycles. The topological polar surface area (TPSA) is 36.7 Å². The molecule has 3 aromatic rings. The van der Waals surface area contributed by atoms with Crippen molar-refractivity contribution < 1.29 is 13.6 Å². The van der Waals surface area contributed by atoms with Crippen LogP contribution in [0.1, 0.15) is 64.8 Å². The number of aryl methyl sites for hydroxylation is 1. The Morgan fingerprint density at radius 1 is 1.24 bits per heavy atom. The van der Waals surface area contributed by atoms with Crippen molar-refractivity contribution in [1.82, 2.24) is 9.80 Å². The second-order valence-corrected chi connectivity index (χ2v) is 10.7. The van der Waals surface area contributed by atoms with E-state index in [2.05, 4.69) is 11.8 Å². The molecule has 1 amide bonds. The number of thiophene rings is 1. The lowest BCUT2D eigenvalue weighted by Gasteiger charge is -2.32. The van der Waals surface area contributed by atoms with E-state index in [1.54, 1.807) is 6.92 Å². The lowest BCUT2D eigenvalue weighted by atomic mass is 9.87. The Labute approximate surface area is 199 Å². The molecule has 0 aliphatic carbocycles. The first-order chi connectivity index (χ1) is 15.9. The maximum absolute atomic E-state index is 13.6. The van der Waals surface area contributed by atoms with Crippen LogP contribution >= 0.6 is 11.3 Å². The molecule has 0 atom stereocenters. The Kier molecular flexibility index (Phi) is 6.32. The Morgan fingerprint density at radius 2 is 2.03 bits per heavy atom. The van der Waals surface area contributed by atoms with E-state index in [0.717, 1.165) is 76.0 Å². The molecule has 0 N–H and O–H groups in total. The zero-order valence-electron chi connectivity index (χ0n) is 19.9. The van der Waals surface area contributed by atoms with Gasteiger partial charge in [-0.1, -0.05) is 6.92 Å². The van der Waals surface area contributed by atoms with Crippen LogP contribution in [-0.4, -0.2) is 41.9 Å². The number of likely N-dealkylation sites (tertiary alicyclic amines) is 1. The van der Waals surface area contributed by atoms with E-state index in [9.17, 15) is 9.18 Å². The van der Waals surface area contributed by atoms with Gasteiger partial charge >= 0.3 is 0 Å². The van der Waals surface area contributed by atoms with Gasteiger partial charge in [-0.2, -0.15) is 0 Å². The monoisotopic (exact) mass is 468 g/mol. The first-order valence-electron chi connectivity index (χ1n) is 12.2. The van der Waals surface area contributed by atoms with E-state index >= 15 is 0 Å². The van der Waals surface area contributed by atoms with Crippen LogP contribution in [0.2, 0.25) is 0 Å². The smallest absolute Gasteiger partial charge is 0.219 e. The fourth-order valence-electron chi connectivity index (χ4n) is 5.81. The summed E-state index contributed by atoms with van der Waals surface area (Å²) in [7, 11) is 0. The van der Waals surface area contributed by atoms with E-state index in [0.29, 0.717) is 11.5 Å². The summed E-state index contributed by atoms with van der Waals surface area (Å²) in [6.45, 7) is 10.8. The van der Waals surface area contributed by atoms with Crippen LogP contribution in [0.15, 0.2) is 22.6 Å². The summed E-state index contributed by atoms with van der Waals surface area (Å²) in [5.74, 6) is 1.36. The standard InChI is InChI=1S/C27H33FN2O2S/c1-4-21-23-16-30(18(3)31)14-10-26(23)33-25(21)9-13-29-11-7-19(8-12-29)27-17(2)32-24-15-20(28)5-6-22(24)27/h5-6,15,19H,4,7-14,16H2,1-3H3. The normalized spacial score (nSPS) is 17.6. The largest absolute Gasteiger partial charge is 0.461 e. The lowest BCUT2D eigenvalue weighted by Crippen LogP contribution is -2.34. The highest BCUT2D eigenvalue weighted by Crippen LogP contribution is 2.38. The third-order valence-electron chi connectivity index (χ3n) is 7.57. The van der Waals surface area contributed by atoms with Gasteiger partial charge in [0.2, 0.25) is 5.91 Å². The van der Waals surface area contributed by atoms with E-state index in [4.69, 9.17) is 4.42 Å². The van der Waals surface area contributed by atoms with Gasteiger partial charge in [-0.25, -0.2) is 4.39 Å². The van der Waals surface area contributed by atoms with Gasteiger partial charge in [-0.3, -0.25) is 4.79 Å². The molecule has 1 aromatic carbocycles. The fraction of sp³-hybridized carbons (Fsp3) is 0.519. The van der Waals surface area contributed by atoms with Gasteiger partial charge in [0.25, 0.3) is 0 Å². The molecule has 0 bridgehead atoms. The van der Waals surface area contributed by atoms with Crippen molar-refractivity contribution in [2.75, 3.05) is 26.2 Å². The van der Waals surface area contributed by atoms with Crippen molar-refractivity contribution in [2.45, 2.75) is 65.3 Å². The SMILES string of the molecule is CCc1c(CCN2CCC(c3c(C)oc4cc(F)ccc34)CC2)sc2c1CN(C(C)=O)CC2. The molecule has 1 fully saturated rings. The molecule has 2 aliphatic rings. The molecule has 5 rings (SSSR count). The molecule has 4 nitrogen and oxygen atoms in total. The molecular weight excluding hydrogens is 435 g/mol. The van der Waals surface area contributed by atoms with Gasteiger partial charge in [-0.05, 0) is 81.3 Å². The van der Waals surface area contributed by atoms with E-state index in [1.165, 1.54) is 38.6 Å². The van der Waals surface area contributed by atoms with Crippen molar-refractivity contribution >= 4 is 28.2 Å². The molecular formula is C27H33FN2O2S. The summed E-state index contributed by atoms with van der Waals surface area (Å²) in [4.78, 5) is 19.5. The van der Waals surface area contributed by atoms with Crippen LogP contribution in [0.4, 0.5) is 4.39 Å².